The summed E-state index contributed by atoms with van der Waals surface area (Å²) < 4.78 is 0. The molecule has 2 unspecified atom stereocenters. The lowest BCUT2D eigenvalue weighted by Gasteiger charge is -2.16. The highest BCUT2D eigenvalue weighted by atomic mass is 35.5. The number of carbonyl (C=O) groups is 1. The molecule has 0 aliphatic heterocycles. The standard InChI is InChI=1S/C13H15ClN2O3/c1-8-9(4-2-7-12(8)16(18)19)13(17)15-11-6-3-5-10(11)14/h2,4,7,10-11H,3,5-6H2,1H3,(H,15,17). The van der Waals surface area contributed by atoms with Crippen LogP contribution in [0.1, 0.15) is 35.2 Å². The number of alkyl halides is 1. The maximum atomic E-state index is 12.1. The van der Waals surface area contributed by atoms with Gasteiger partial charge in [-0.1, -0.05) is 6.07 Å². The fourth-order valence-corrected chi connectivity index (χ4v) is 2.73. The van der Waals surface area contributed by atoms with E-state index in [1.807, 2.05) is 0 Å². The van der Waals surface area contributed by atoms with E-state index in [0.717, 1.165) is 19.3 Å². The topological polar surface area (TPSA) is 72.2 Å². The zero-order chi connectivity index (χ0) is 14.0. The normalized spacial score (nSPS) is 22.2. The summed E-state index contributed by atoms with van der Waals surface area (Å²) in [4.78, 5) is 22.5. The van der Waals surface area contributed by atoms with Crippen LogP contribution in [-0.4, -0.2) is 22.2 Å². The van der Waals surface area contributed by atoms with Crippen molar-refractivity contribution >= 4 is 23.2 Å². The first-order chi connectivity index (χ1) is 9.00. The maximum Gasteiger partial charge on any atom is 0.273 e. The molecule has 1 aliphatic rings. The van der Waals surface area contributed by atoms with E-state index in [0.29, 0.717) is 11.1 Å². The largest absolute Gasteiger partial charge is 0.348 e. The average molecular weight is 283 g/mol. The lowest BCUT2D eigenvalue weighted by atomic mass is 10.1. The molecule has 6 heteroatoms. The van der Waals surface area contributed by atoms with Crippen LogP contribution in [0.4, 0.5) is 5.69 Å². The number of benzene rings is 1. The van der Waals surface area contributed by atoms with Crippen molar-refractivity contribution in [2.75, 3.05) is 0 Å². The zero-order valence-electron chi connectivity index (χ0n) is 10.6. The van der Waals surface area contributed by atoms with Gasteiger partial charge in [0.25, 0.3) is 11.6 Å². The van der Waals surface area contributed by atoms with Gasteiger partial charge in [0.05, 0.1) is 10.3 Å². The van der Waals surface area contributed by atoms with E-state index >= 15 is 0 Å². The Labute approximate surface area is 116 Å². The highest BCUT2D eigenvalue weighted by Gasteiger charge is 2.28. The van der Waals surface area contributed by atoms with Crippen LogP contribution in [0.15, 0.2) is 18.2 Å². The molecule has 1 amide bonds. The van der Waals surface area contributed by atoms with Gasteiger partial charge in [-0.25, -0.2) is 0 Å². The van der Waals surface area contributed by atoms with E-state index in [1.54, 1.807) is 13.0 Å². The molecule has 1 N–H and O–H groups in total. The summed E-state index contributed by atoms with van der Waals surface area (Å²) in [5, 5.41) is 13.7. The Morgan fingerprint density at radius 2 is 2.21 bits per heavy atom. The van der Waals surface area contributed by atoms with Crippen molar-refractivity contribution < 1.29 is 9.72 Å². The van der Waals surface area contributed by atoms with E-state index in [2.05, 4.69) is 5.32 Å². The van der Waals surface area contributed by atoms with Crippen LogP contribution in [0.25, 0.3) is 0 Å². The molecule has 1 fully saturated rings. The molecule has 0 bridgehead atoms. The first-order valence-electron chi connectivity index (χ1n) is 6.19. The summed E-state index contributed by atoms with van der Waals surface area (Å²) >= 11 is 6.11. The van der Waals surface area contributed by atoms with Gasteiger partial charge < -0.3 is 5.32 Å². The van der Waals surface area contributed by atoms with Gasteiger partial charge in [-0.15, -0.1) is 11.6 Å². The molecule has 1 saturated carbocycles. The molecule has 2 rings (SSSR count). The summed E-state index contributed by atoms with van der Waals surface area (Å²) in [5.74, 6) is -0.293. The van der Waals surface area contributed by atoms with Gasteiger partial charge in [0.2, 0.25) is 0 Å². The first-order valence-corrected chi connectivity index (χ1v) is 6.63. The van der Waals surface area contributed by atoms with E-state index in [9.17, 15) is 14.9 Å². The SMILES string of the molecule is Cc1c(C(=O)NC2CCCC2Cl)cccc1[N+](=O)[O-]. The Bertz CT molecular complexity index is 519. The molecule has 1 aliphatic carbocycles. The number of nitro groups is 1. The third-order valence-corrected chi connectivity index (χ3v) is 4.02. The molecule has 5 nitrogen and oxygen atoms in total. The van der Waals surface area contributed by atoms with Crippen molar-refractivity contribution in [3.8, 4) is 0 Å². The van der Waals surface area contributed by atoms with E-state index < -0.39 is 4.92 Å². The third kappa shape index (κ3) is 2.87. The monoisotopic (exact) mass is 282 g/mol. The molecule has 0 aromatic heterocycles. The van der Waals surface area contributed by atoms with Gasteiger partial charge in [-0.2, -0.15) is 0 Å². The summed E-state index contributed by atoms with van der Waals surface area (Å²) in [5.41, 5.74) is 0.681. The number of nitro benzene ring substituents is 1. The number of hydrogen-bond acceptors (Lipinski definition) is 3. The van der Waals surface area contributed by atoms with Gasteiger partial charge in [-0.3, -0.25) is 14.9 Å². The number of nitrogens with zero attached hydrogens (tertiary/aromatic N) is 1. The number of amides is 1. The molecule has 1 aromatic rings. The summed E-state index contributed by atoms with van der Waals surface area (Å²) in [7, 11) is 0. The molecular weight excluding hydrogens is 268 g/mol. The fourth-order valence-electron chi connectivity index (χ4n) is 2.39. The van der Waals surface area contributed by atoms with Gasteiger partial charge in [0.15, 0.2) is 0 Å². The second kappa shape index (κ2) is 5.57. The van der Waals surface area contributed by atoms with Crippen molar-refractivity contribution in [3.63, 3.8) is 0 Å². The van der Waals surface area contributed by atoms with Crippen molar-refractivity contribution in [3.05, 3.63) is 39.4 Å². The quantitative estimate of drug-likeness (QED) is 0.526. The van der Waals surface area contributed by atoms with Crippen molar-refractivity contribution in [1.29, 1.82) is 0 Å². The van der Waals surface area contributed by atoms with Gasteiger partial charge >= 0.3 is 0 Å². The van der Waals surface area contributed by atoms with Crippen LogP contribution in [0.2, 0.25) is 0 Å². The Morgan fingerprint density at radius 3 is 2.79 bits per heavy atom. The molecule has 2 atom stereocenters. The molecule has 0 spiro atoms. The van der Waals surface area contributed by atoms with Gasteiger partial charge in [0, 0.05) is 23.2 Å². The van der Waals surface area contributed by atoms with Gasteiger partial charge in [-0.05, 0) is 32.3 Å². The number of nitrogens with one attached hydrogen (secondary N) is 1. The number of carbonyl (C=O) groups excluding carboxylic acids is 1. The van der Waals surface area contributed by atoms with Crippen molar-refractivity contribution in [2.45, 2.75) is 37.6 Å². The molecule has 1 aromatic carbocycles. The highest BCUT2D eigenvalue weighted by molar-refractivity contribution is 6.21. The second-order valence-electron chi connectivity index (χ2n) is 4.73. The van der Waals surface area contributed by atoms with Crippen LogP contribution in [0.3, 0.4) is 0 Å². The van der Waals surface area contributed by atoms with Crippen molar-refractivity contribution in [2.24, 2.45) is 0 Å². The van der Waals surface area contributed by atoms with Crippen molar-refractivity contribution in [1.82, 2.24) is 5.32 Å². The molecule has 102 valence electrons. The number of rotatable bonds is 3. The van der Waals surface area contributed by atoms with Crippen LogP contribution in [0, 0.1) is 17.0 Å². The van der Waals surface area contributed by atoms with Gasteiger partial charge in [0.1, 0.15) is 0 Å². The van der Waals surface area contributed by atoms with E-state index in [1.165, 1.54) is 12.1 Å². The molecular formula is C13H15ClN2O3. The lowest BCUT2D eigenvalue weighted by molar-refractivity contribution is -0.385. The molecule has 0 saturated heterocycles. The van der Waals surface area contributed by atoms with Crippen LogP contribution < -0.4 is 5.32 Å². The Hall–Kier alpha value is -1.62. The Kier molecular flexibility index (Phi) is 4.04. The predicted molar refractivity (Wildman–Crippen MR) is 72.6 cm³/mol. The summed E-state index contributed by atoms with van der Waals surface area (Å²) in [6, 6.07) is 4.46. The minimum absolute atomic E-state index is 0.0403. The van der Waals surface area contributed by atoms with Crippen LogP contribution >= 0.6 is 11.6 Å². The highest BCUT2D eigenvalue weighted by Crippen LogP contribution is 2.25. The molecule has 0 heterocycles. The minimum Gasteiger partial charge on any atom is -0.348 e. The third-order valence-electron chi connectivity index (χ3n) is 3.49. The second-order valence-corrected chi connectivity index (χ2v) is 5.29. The Morgan fingerprint density at radius 1 is 1.47 bits per heavy atom. The van der Waals surface area contributed by atoms with E-state index in [4.69, 9.17) is 11.6 Å². The summed E-state index contributed by atoms with van der Waals surface area (Å²) in [6.07, 6.45) is 2.74. The smallest absolute Gasteiger partial charge is 0.273 e. The molecule has 19 heavy (non-hydrogen) atoms. The molecule has 0 radical (unpaired) electrons. The van der Waals surface area contributed by atoms with Crippen LogP contribution in [-0.2, 0) is 0 Å². The first kappa shape index (κ1) is 13.8. The number of hydrogen-bond donors (Lipinski definition) is 1. The lowest BCUT2D eigenvalue weighted by Crippen LogP contribution is -2.38. The summed E-state index contributed by atoms with van der Waals surface area (Å²) in [6.45, 7) is 1.58. The minimum atomic E-state index is -0.480. The fraction of sp³-hybridized carbons (Fsp3) is 0.462. The van der Waals surface area contributed by atoms with E-state index in [-0.39, 0.29) is 23.0 Å². The maximum absolute atomic E-state index is 12.1. The zero-order valence-corrected chi connectivity index (χ0v) is 11.3. The average Bonchev–Trinajstić information content (AvgIpc) is 2.74. The number of halogens is 1. The van der Waals surface area contributed by atoms with Crippen LogP contribution in [0.5, 0.6) is 0 Å². The predicted octanol–water partition coefficient (Wildman–Crippen LogP) is 2.79. The Balaban J connectivity index is 2.19.